The van der Waals surface area contributed by atoms with Crippen LogP contribution < -0.4 is 5.84 Å². The number of hydrogen-bond donors (Lipinski definition) is 1. The smallest absolute Gasteiger partial charge is 0.165 e. The van der Waals surface area contributed by atoms with Gasteiger partial charge in [-0.15, -0.1) is 10.2 Å². The summed E-state index contributed by atoms with van der Waals surface area (Å²) in [6, 6.07) is 0. The third-order valence-corrected chi connectivity index (χ3v) is 5.05. The van der Waals surface area contributed by atoms with Gasteiger partial charge >= 0.3 is 0 Å². The van der Waals surface area contributed by atoms with E-state index >= 15 is 0 Å². The van der Waals surface area contributed by atoms with Crippen molar-refractivity contribution in [1.82, 2.24) is 24.7 Å². The average molecular weight is 306 g/mol. The van der Waals surface area contributed by atoms with Crippen LogP contribution in [0.4, 0.5) is 0 Å². The van der Waals surface area contributed by atoms with E-state index in [1.54, 1.807) is 4.68 Å². The Balaban J connectivity index is 1.59. The Morgan fingerprint density at radius 3 is 1.77 bits per heavy atom. The Labute approximate surface area is 133 Å². The van der Waals surface area contributed by atoms with Gasteiger partial charge in [-0.2, -0.15) is 0 Å². The molecule has 0 saturated carbocycles. The van der Waals surface area contributed by atoms with Crippen molar-refractivity contribution in [3.05, 3.63) is 11.6 Å². The molecule has 0 bridgehead atoms. The molecule has 0 spiro atoms. The van der Waals surface area contributed by atoms with E-state index in [0.29, 0.717) is 0 Å². The summed E-state index contributed by atoms with van der Waals surface area (Å²) >= 11 is 0. The van der Waals surface area contributed by atoms with Crippen LogP contribution in [0.3, 0.4) is 0 Å². The molecule has 2 N–H and O–H groups in total. The Bertz CT molecular complexity index is 443. The monoisotopic (exact) mass is 306 g/mol. The van der Waals surface area contributed by atoms with E-state index < -0.39 is 0 Å². The molecular formula is C16H30N6. The van der Waals surface area contributed by atoms with Crippen molar-refractivity contribution in [2.24, 2.45) is 11.8 Å². The number of nitrogen functional groups attached to an aromatic ring is 1. The average Bonchev–Trinajstić information content (AvgIpc) is 2.80. The molecule has 3 heterocycles. The van der Waals surface area contributed by atoms with Crippen molar-refractivity contribution in [1.29, 1.82) is 0 Å². The minimum atomic E-state index is 0.775. The van der Waals surface area contributed by atoms with Crippen LogP contribution >= 0.6 is 0 Å². The fourth-order valence-electron chi connectivity index (χ4n) is 3.84. The van der Waals surface area contributed by atoms with Crippen molar-refractivity contribution >= 4 is 0 Å². The topological polar surface area (TPSA) is 63.2 Å². The maximum atomic E-state index is 6.25. The highest BCUT2D eigenvalue weighted by molar-refractivity contribution is 4.97. The lowest BCUT2D eigenvalue weighted by Crippen LogP contribution is -2.36. The molecule has 2 aliphatic rings. The second-order valence-corrected chi connectivity index (χ2v) is 7.37. The Kier molecular flexibility index (Phi) is 4.98. The highest BCUT2D eigenvalue weighted by Gasteiger charge is 2.22. The fourth-order valence-corrected chi connectivity index (χ4v) is 3.84. The first kappa shape index (κ1) is 15.7. The first-order valence-corrected chi connectivity index (χ1v) is 8.74. The molecule has 6 heteroatoms. The van der Waals surface area contributed by atoms with Crippen LogP contribution in [0.5, 0.6) is 0 Å². The second kappa shape index (κ2) is 6.96. The predicted octanol–water partition coefficient (Wildman–Crippen LogP) is 1.46. The number of hydrogen-bond acceptors (Lipinski definition) is 5. The molecule has 2 saturated heterocycles. The van der Waals surface area contributed by atoms with Crippen molar-refractivity contribution in [3.63, 3.8) is 0 Å². The van der Waals surface area contributed by atoms with Gasteiger partial charge in [-0.1, -0.05) is 13.8 Å². The molecule has 2 atom stereocenters. The van der Waals surface area contributed by atoms with E-state index in [9.17, 15) is 0 Å². The number of nitrogens with zero attached hydrogens (tertiary/aromatic N) is 5. The minimum absolute atomic E-state index is 0.775. The predicted molar refractivity (Wildman–Crippen MR) is 87.5 cm³/mol. The van der Waals surface area contributed by atoms with Gasteiger partial charge in [0.1, 0.15) is 0 Å². The Morgan fingerprint density at radius 2 is 1.36 bits per heavy atom. The van der Waals surface area contributed by atoms with Crippen LogP contribution in [-0.4, -0.2) is 50.9 Å². The van der Waals surface area contributed by atoms with Gasteiger partial charge < -0.3 is 5.84 Å². The summed E-state index contributed by atoms with van der Waals surface area (Å²) in [4.78, 5) is 4.91. The minimum Gasteiger partial charge on any atom is -0.336 e. The first-order valence-electron chi connectivity index (χ1n) is 8.74. The lowest BCUT2D eigenvalue weighted by Gasteiger charge is -2.30. The number of piperidine rings is 2. The quantitative estimate of drug-likeness (QED) is 0.853. The molecule has 0 amide bonds. The van der Waals surface area contributed by atoms with Gasteiger partial charge in [0.25, 0.3) is 0 Å². The summed E-state index contributed by atoms with van der Waals surface area (Å²) in [5, 5.41) is 8.68. The maximum Gasteiger partial charge on any atom is 0.165 e. The van der Waals surface area contributed by atoms with Crippen molar-refractivity contribution in [2.75, 3.05) is 32.0 Å². The van der Waals surface area contributed by atoms with E-state index in [2.05, 4.69) is 33.8 Å². The van der Waals surface area contributed by atoms with E-state index in [4.69, 9.17) is 5.84 Å². The SMILES string of the molecule is C[C@@H]1CCCN(Cc2nnc(CN3CCC[C@H](C)C3)n2N)C1. The lowest BCUT2D eigenvalue weighted by atomic mass is 10.0. The number of rotatable bonds is 4. The zero-order valence-electron chi connectivity index (χ0n) is 14.0. The van der Waals surface area contributed by atoms with E-state index in [0.717, 1.165) is 62.8 Å². The van der Waals surface area contributed by atoms with Crippen molar-refractivity contribution < 1.29 is 0 Å². The number of nitrogens with two attached hydrogens (primary N) is 1. The summed E-state index contributed by atoms with van der Waals surface area (Å²) in [5.41, 5.74) is 0. The molecule has 1 aromatic heterocycles. The molecule has 6 nitrogen and oxygen atoms in total. The summed E-state index contributed by atoms with van der Waals surface area (Å²) in [6.07, 6.45) is 5.23. The number of aromatic nitrogens is 3. The summed E-state index contributed by atoms with van der Waals surface area (Å²) in [6.45, 7) is 10.9. The highest BCUT2D eigenvalue weighted by atomic mass is 15.4. The summed E-state index contributed by atoms with van der Waals surface area (Å²) in [5.74, 6) is 9.59. The second-order valence-electron chi connectivity index (χ2n) is 7.37. The van der Waals surface area contributed by atoms with Crippen LogP contribution in [0.2, 0.25) is 0 Å². The molecule has 2 aliphatic heterocycles. The maximum absolute atomic E-state index is 6.25. The molecule has 2 fully saturated rings. The van der Waals surface area contributed by atoms with Gasteiger partial charge in [-0.05, 0) is 50.6 Å². The van der Waals surface area contributed by atoms with E-state index in [1.807, 2.05) is 0 Å². The zero-order valence-corrected chi connectivity index (χ0v) is 14.0. The molecule has 3 rings (SSSR count). The van der Waals surface area contributed by atoms with Gasteiger partial charge in [0.05, 0.1) is 13.1 Å². The molecule has 22 heavy (non-hydrogen) atoms. The first-order chi connectivity index (χ1) is 10.6. The molecule has 0 aliphatic carbocycles. The van der Waals surface area contributed by atoms with Gasteiger partial charge in [0.15, 0.2) is 11.6 Å². The third-order valence-electron chi connectivity index (χ3n) is 5.05. The van der Waals surface area contributed by atoms with E-state index in [1.165, 1.54) is 25.7 Å². The van der Waals surface area contributed by atoms with Gasteiger partial charge in [-0.25, -0.2) is 4.68 Å². The lowest BCUT2D eigenvalue weighted by molar-refractivity contribution is 0.168. The zero-order chi connectivity index (χ0) is 15.5. The van der Waals surface area contributed by atoms with Gasteiger partial charge in [0.2, 0.25) is 0 Å². The summed E-state index contributed by atoms with van der Waals surface area (Å²) in [7, 11) is 0. The van der Waals surface area contributed by atoms with Crippen LogP contribution in [0, 0.1) is 11.8 Å². The van der Waals surface area contributed by atoms with Crippen molar-refractivity contribution in [2.45, 2.75) is 52.6 Å². The van der Waals surface area contributed by atoms with Gasteiger partial charge in [-0.3, -0.25) is 9.80 Å². The van der Waals surface area contributed by atoms with E-state index in [-0.39, 0.29) is 0 Å². The van der Waals surface area contributed by atoms with Crippen molar-refractivity contribution in [3.8, 4) is 0 Å². The molecule has 0 aromatic carbocycles. The highest BCUT2D eigenvalue weighted by Crippen LogP contribution is 2.19. The normalized spacial score (nSPS) is 28.1. The number of likely N-dealkylation sites (tertiary alicyclic amines) is 2. The fraction of sp³-hybridized carbons (Fsp3) is 0.875. The largest absolute Gasteiger partial charge is 0.336 e. The van der Waals surface area contributed by atoms with Crippen LogP contribution in [0.1, 0.15) is 51.2 Å². The molecule has 124 valence electrons. The van der Waals surface area contributed by atoms with Gasteiger partial charge in [0, 0.05) is 13.1 Å². The summed E-state index contributed by atoms with van der Waals surface area (Å²) < 4.78 is 1.72. The molecule has 1 aromatic rings. The molecule has 0 radical (unpaired) electrons. The third kappa shape index (κ3) is 3.79. The van der Waals surface area contributed by atoms with Crippen LogP contribution in [0.25, 0.3) is 0 Å². The molecule has 0 unspecified atom stereocenters. The Hall–Kier alpha value is -1.14. The van der Waals surface area contributed by atoms with Crippen LogP contribution in [-0.2, 0) is 13.1 Å². The standard InChI is InChI=1S/C16H30N6/c1-13-5-3-7-20(9-13)11-15-18-19-16(22(15)17)12-21-8-4-6-14(2)10-21/h13-14H,3-12,17H2,1-2H3/t13-,14+. The molecular weight excluding hydrogens is 276 g/mol. The van der Waals surface area contributed by atoms with Crippen LogP contribution in [0.15, 0.2) is 0 Å². The Morgan fingerprint density at radius 1 is 0.909 bits per heavy atom.